The van der Waals surface area contributed by atoms with Gasteiger partial charge in [-0.3, -0.25) is 8.98 Å². The van der Waals surface area contributed by atoms with Crippen LogP contribution in [-0.2, 0) is 54.7 Å². The zero-order chi connectivity index (χ0) is 64.6. The van der Waals surface area contributed by atoms with Crippen LogP contribution in [-0.4, -0.2) is 119 Å². The number of fused-ring (bicyclic) bond motifs is 9. The van der Waals surface area contributed by atoms with E-state index in [1.54, 1.807) is 32.5 Å². The van der Waals surface area contributed by atoms with E-state index in [-0.39, 0.29) is 65.0 Å². The number of carbonyl (C=O) groups excluding carboxylic acids is 3. The number of benzene rings is 2. The SMILES string of the molecule is CC(C)(C)OC(=O)NC12CCC(C(=O)O)(CC1)CC2.CC(C)(C)OC(=O)NC12CCC(CO)(CC1)CC2.CC(C)(C)OC(=O)NC12CCC(COS(=O)(=O)c3ccc(C(F)(F)F)cc3)(CC1)CC2.CSC.O=S(=O)(Cl)c1ccc(C(F)(F)F)cc1.[B]. The van der Waals surface area contributed by atoms with E-state index in [9.17, 15) is 72.6 Å². The van der Waals surface area contributed by atoms with Crippen molar-refractivity contribution in [1.29, 1.82) is 0 Å². The van der Waals surface area contributed by atoms with Gasteiger partial charge in [0.25, 0.3) is 19.2 Å². The Morgan fingerprint density at radius 2 is 0.779 bits per heavy atom. The summed E-state index contributed by atoms with van der Waals surface area (Å²) < 4.78 is 142. The molecule has 17 nitrogen and oxygen atoms in total. The van der Waals surface area contributed by atoms with Gasteiger partial charge in [-0.1, -0.05) is 0 Å². The highest BCUT2D eigenvalue weighted by molar-refractivity contribution is 8.13. The molecule has 9 aliphatic rings. The molecule has 487 valence electrons. The fraction of sp³-hybridized carbons (Fsp3) is 0.724. The second-order valence-corrected chi connectivity index (χ2v) is 31.6. The number of halogens is 7. The maximum atomic E-state index is 12.7. The van der Waals surface area contributed by atoms with Gasteiger partial charge in [0, 0.05) is 42.3 Å². The predicted molar refractivity (Wildman–Crippen MR) is 316 cm³/mol. The molecule has 6 bridgehead atoms. The molecule has 0 aromatic heterocycles. The first-order valence-electron chi connectivity index (χ1n) is 28.2. The average molecular weight is 1310 g/mol. The fourth-order valence-electron chi connectivity index (χ4n) is 11.5. The van der Waals surface area contributed by atoms with Gasteiger partial charge in [0.1, 0.15) is 16.8 Å². The lowest BCUT2D eigenvalue weighted by Gasteiger charge is -2.53. The standard InChI is InChI=1S/C21H28F3NO5S.C14H23NO4.C14H25NO3.C7H4ClF3O2S.C2H6S.B/c1-18(2,3)30-17(26)25-20-11-8-19(9-12-20,10-13-20)14-29-31(27,28)16-6-4-15(5-7-16)21(22,23)24;1-12(2,3)19-11(18)15-14-7-4-13(5-8-14,6-9-14)10(16)17;1-12(2,3)18-11(17)15-14-7-4-13(10-16,5-8-14)6-9-14;8-14(12,13)6-3-1-5(2-4-6)7(9,10)11;1-3-2;/h4-7H,8-14H2,1-3H3,(H,25,26);4-9H2,1-3H3,(H,15,18)(H,16,17);16H,4-10H2,1-3H3,(H,15,17);1-4H;1-2H3;. The normalized spacial score (nSPS) is 26.7. The molecule has 28 heteroatoms. The Balaban J connectivity index is 0.000000307. The van der Waals surface area contributed by atoms with Gasteiger partial charge >= 0.3 is 36.6 Å². The van der Waals surface area contributed by atoms with Gasteiger partial charge in [-0.25, -0.2) is 22.8 Å². The lowest BCUT2D eigenvalue weighted by atomic mass is 9.57. The number of carboxylic acids is 1. The smallest absolute Gasteiger partial charge is 0.416 e. The predicted octanol–water partition coefficient (Wildman–Crippen LogP) is 13.5. The number of aliphatic hydroxyl groups excluding tert-OH is 1. The number of ether oxygens (including phenoxy) is 3. The second-order valence-electron chi connectivity index (χ2n) is 26.6. The molecule has 11 rings (SSSR count). The number of nitrogens with one attached hydrogen (secondary N) is 3. The first-order valence-corrected chi connectivity index (χ1v) is 33.5. The summed E-state index contributed by atoms with van der Waals surface area (Å²) in [5.74, 6) is -0.682. The topological polar surface area (TPSA) is 250 Å². The van der Waals surface area contributed by atoms with E-state index >= 15 is 0 Å². The molecule has 2 aromatic rings. The Kier molecular flexibility index (Phi) is 25.4. The van der Waals surface area contributed by atoms with Crippen LogP contribution >= 0.6 is 22.4 Å². The second kappa shape index (κ2) is 28.8. The molecule has 9 fully saturated rings. The van der Waals surface area contributed by atoms with Crippen LogP contribution in [0.3, 0.4) is 0 Å². The first kappa shape index (κ1) is 76.1. The highest BCUT2D eigenvalue weighted by Crippen LogP contribution is 2.55. The summed E-state index contributed by atoms with van der Waals surface area (Å²) in [7, 11) is -3.21. The molecule has 3 radical (unpaired) electrons. The van der Waals surface area contributed by atoms with Crippen LogP contribution in [0.15, 0.2) is 58.3 Å². The number of carboxylic acid groups (broad SMARTS) is 1. The third kappa shape index (κ3) is 22.4. The lowest BCUT2D eigenvalue weighted by Crippen LogP contribution is -2.58. The number of hydrogen-bond acceptors (Lipinski definition) is 14. The van der Waals surface area contributed by atoms with Crippen LogP contribution < -0.4 is 16.0 Å². The van der Waals surface area contributed by atoms with Crippen LogP contribution in [0.2, 0.25) is 0 Å². The van der Waals surface area contributed by atoms with Gasteiger partial charge in [0.05, 0.1) is 32.9 Å². The molecule has 0 saturated heterocycles. The number of aliphatic hydroxyl groups is 1. The maximum absolute atomic E-state index is 12.7. The minimum atomic E-state index is -4.54. The monoisotopic (exact) mass is 1300 g/mol. The third-order valence-electron chi connectivity index (χ3n) is 16.6. The van der Waals surface area contributed by atoms with E-state index in [1.165, 1.54) is 0 Å². The van der Waals surface area contributed by atoms with Crippen molar-refractivity contribution >= 4 is 74.3 Å². The largest absolute Gasteiger partial charge is 0.481 e. The van der Waals surface area contributed by atoms with Gasteiger partial charge in [-0.2, -0.15) is 46.5 Å². The van der Waals surface area contributed by atoms with Crippen molar-refractivity contribution in [2.75, 3.05) is 25.7 Å². The Morgan fingerprint density at radius 1 is 0.512 bits per heavy atom. The number of alkyl carbamates (subject to hydrolysis) is 3. The minimum Gasteiger partial charge on any atom is -0.481 e. The molecule has 9 saturated carbocycles. The van der Waals surface area contributed by atoms with E-state index in [1.807, 2.05) is 54.1 Å². The molecule has 9 aliphatic carbocycles. The van der Waals surface area contributed by atoms with E-state index in [4.69, 9.17) is 29.1 Å². The first-order chi connectivity index (χ1) is 38.7. The van der Waals surface area contributed by atoms with Crippen molar-refractivity contribution in [2.45, 2.75) is 233 Å². The van der Waals surface area contributed by atoms with Gasteiger partial charge in [0.15, 0.2) is 0 Å². The summed E-state index contributed by atoms with van der Waals surface area (Å²) >= 11 is 1.75. The molecule has 2 aromatic carbocycles. The number of alkyl halides is 6. The fourth-order valence-corrected chi connectivity index (χ4v) is 13.3. The quantitative estimate of drug-likeness (QED) is 0.0488. The summed E-state index contributed by atoms with van der Waals surface area (Å²) in [6, 6.07) is 6.22. The van der Waals surface area contributed by atoms with Crippen LogP contribution in [0.5, 0.6) is 0 Å². The van der Waals surface area contributed by atoms with E-state index in [2.05, 4.69) is 16.0 Å². The Hall–Kier alpha value is -4.18. The number of aliphatic carboxylic acids is 1. The van der Waals surface area contributed by atoms with Gasteiger partial charge in [-0.05, 0) is 250 Å². The van der Waals surface area contributed by atoms with Crippen LogP contribution in [0.1, 0.15) is 189 Å². The number of thioether (sulfide) groups is 1. The van der Waals surface area contributed by atoms with Gasteiger partial charge in [-0.15, -0.1) is 0 Å². The number of carbonyl (C=O) groups is 4. The van der Waals surface area contributed by atoms with Crippen molar-refractivity contribution < 1.29 is 91.0 Å². The molecular formula is C58H86BClF6N3O14S3. The van der Waals surface area contributed by atoms with Crippen molar-refractivity contribution in [2.24, 2.45) is 16.2 Å². The molecule has 0 aliphatic heterocycles. The van der Waals surface area contributed by atoms with E-state index in [0.29, 0.717) is 69.9 Å². The van der Waals surface area contributed by atoms with Crippen molar-refractivity contribution in [3.8, 4) is 0 Å². The Bertz CT molecular complexity index is 2770. The van der Waals surface area contributed by atoms with Crippen LogP contribution in [0.25, 0.3) is 0 Å². The van der Waals surface area contributed by atoms with Gasteiger partial charge in [0.2, 0.25) is 0 Å². The summed E-state index contributed by atoms with van der Waals surface area (Å²) in [5, 5.41) is 27.8. The molecular weight excluding hydrogens is 1220 g/mol. The Labute approximate surface area is 513 Å². The molecule has 86 heavy (non-hydrogen) atoms. The van der Waals surface area contributed by atoms with Gasteiger partial charge < -0.3 is 40.4 Å². The summed E-state index contributed by atoms with van der Waals surface area (Å²) in [6.07, 6.45) is 8.14. The molecule has 0 heterocycles. The highest BCUT2D eigenvalue weighted by Gasteiger charge is 2.54. The number of hydrogen-bond donors (Lipinski definition) is 5. The van der Waals surface area contributed by atoms with Crippen LogP contribution in [0.4, 0.5) is 40.7 Å². The Morgan fingerprint density at radius 3 is 1.02 bits per heavy atom. The molecule has 0 atom stereocenters. The van der Waals surface area contributed by atoms with E-state index < -0.39 is 83.0 Å². The average Bonchev–Trinajstić information content (AvgIpc) is 0.992. The lowest BCUT2D eigenvalue weighted by molar-refractivity contribution is -0.156. The zero-order valence-corrected chi connectivity index (χ0v) is 54.2. The number of rotatable bonds is 10. The van der Waals surface area contributed by atoms with Crippen molar-refractivity contribution in [3.05, 3.63) is 59.7 Å². The zero-order valence-electron chi connectivity index (χ0n) is 51.0. The van der Waals surface area contributed by atoms with E-state index in [0.717, 1.165) is 94.2 Å². The minimum absolute atomic E-state index is 0. The highest BCUT2D eigenvalue weighted by atomic mass is 35.7. The van der Waals surface area contributed by atoms with Crippen molar-refractivity contribution in [1.82, 2.24) is 16.0 Å². The molecule has 0 spiro atoms. The molecule has 5 N–H and O–H groups in total. The number of amides is 3. The molecule has 3 amide bonds. The summed E-state index contributed by atoms with van der Waals surface area (Å²) in [4.78, 5) is 46.6. The van der Waals surface area contributed by atoms with Crippen LogP contribution in [0, 0.1) is 16.2 Å². The summed E-state index contributed by atoms with van der Waals surface area (Å²) in [5.41, 5.74) is -4.79. The maximum Gasteiger partial charge on any atom is 0.416 e. The third-order valence-corrected chi connectivity index (χ3v) is 19.2. The van der Waals surface area contributed by atoms with Crippen molar-refractivity contribution in [3.63, 3.8) is 0 Å². The molecule has 0 unspecified atom stereocenters. The summed E-state index contributed by atoms with van der Waals surface area (Å²) in [6.45, 7) is 16.8.